The first kappa shape index (κ1) is 14.3. The summed E-state index contributed by atoms with van der Waals surface area (Å²) in [6.45, 7) is 1.50. The molecular formula is C17H17NO4. The Kier molecular flexibility index (Phi) is 4.14. The van der Waals surface area contributed by atoms with Crippen LogP contribution < -0.4 is 19.5 Å². The normalized spacial score (nSPS) is 12.6. The number of ether oxygens (including phenoxy) is 3. The summed E-state index contributed by atoms with van der Waals surface area (Å²) in [6.07, 6.45) is 0. The van der Waals surface area contributed by atoms with Crippen LogP contribution in [0.5, 0.6) is 17.2 Å². The van der Waals surface area contributed by atoms with E-state index in [0.717, 1.165) is 11.3 Å². The van der Waals surface area contributed by atoms with E-state index in [2.05, 4.69) is 5.32 Å². The topological polar surface area (TPSA) is 56.8 Å². The molecule has 0 radical (unpaired) electrons. The van der Waals surface area contributed by atoms with Gasteiger partial charge in [-0.3, -0.25) is 4.79 Å². The lowest BCUT2D eigenvalue weighted by molar-refractivity contribution is 0.0949. The van der Waals surface area contributed by atoms with Crippen molar-refractivity contribution in [2.45, 2.75) is 6.54 Å². The quantitative estimate of drug-likeness (QED) is 0.942. The van der Waals surface area contributed by atoms with Crippen LogP contribution in [-0.4, -0.2) is 26.2 Å². The molecule has 0 spiro atoms. The minimum Gasteiger partial charge on any atom is -0.497 e. The molecule has 0 aromatic heterocycles. The molecule has 5 heteroatoms. The van der Waals surface area contributed by atoms with E-state index in [0.29, 0.717) is 36.8 Å². The number of rotatable bonds is 4. The highest BCUT2D eigenvalue weighted by atomic mass is 16.6. The van der Waals surface area contributed by atoms with Crippen LogP contribution in [0.4, 0.5) is 0 Å². The van der Waals surface area contributed by atoms with E-state index < -0.39 is 0 Å². The van der Waals surface area contributed by atoms with Crippen LogP contribution in [0.1, 0.15) is 15.9 Å². The predicted octanol–water partition coefficient (Wildman–Crippen LogP) is 2.40. The summed E-state index contributed by atoms with van der Waals surface area (Å²) in [4.78, 5) is 12.2. The Morgan fingerprint density at radius 2 is 1.82 bits per heavy atom. The number of hydrogen-bond donors (Lipinski definition) is 1. The number of hydrogen-bond acceptors (Lipinski definition) is 4. The molecule has 1 aliphatic rings. The summed E-state index contributed by atoms with van der Waals surface area (Å²) in [5, 5.41) is 2.88. The lowest BCUT2D eigenvalue weighted by Gasteiger charge is -2.18. The summed E-state index contributed by atoms with van der Waals surface area (Å²) in [7, 11) is 1.62. The lowest BCUT2D eigenvalue weighted by atomic mass is 10.1. The van der Waals surface area contributed by atoms with E-state index in [9.17, 15) is 4.79 Å². The minimum atomic E-state index is -0.146. The molecule has 0 atom stereocenters. The summed E-state index contributed by atoms with van der Waals surface area (Å²) in [6, 6.07) is 12.8. The summed E-state index contributed by atoms with van der Waals surface area (Å²) in [5.41, 5.74) is 1.56. The maximum Gasteiger partial charge on any atom is 0.251 e. The zero-order chi connectivity index (χ0) is 15.4. The second-order valence-electron chi connectivity index (χ2n) is 4.89. The summed E-state index contributed by atoms with van der Waals surface area (Å²) >= 11 is 0. The molecule has 114 valence electrons. The first-order chi connectivity index (χ1) is 10.8. The molecule has 0 bridgehead atoms. The van der Waals surface area contributed by atoms with Gasteiger partial charge >= 0.3 is 0 Å². The van der Waals surface area contributed by atoms with Crippen molar-refractivity contribution in [1.82, 2.24) is 5.32 Å². The molecule has 2 aromatic rings. The third kappa shape index (κ3) is 3.14. The van der Waals surface area contributed by atoms with Gasteiger partial charge in [-0.25, -0.2) is 0 Å². The molecular weight excluding hydrogens is 282 g/mol. The van der Waals surface area contributed by atoms with Gasteiger partial charge in [0.25, 0.3) is 5.91 Å². The van der Waals surface area contributed by atoms with Crippen molar-refractivity contribution in [3.63, 3.8) is 0 Å². The van der Waals surface area contributed by atoms with Gasteiger partial charge in [-0.15, -0.1) is 0 Å². The third-order valence-corrected chi connectivity index (χ3v) is 3.42. The second-order valence-corrected chi connectivity index (χ2v) is 4.89. The van der Waals surface area contributed by atoms with E-state index in [1.165, 1.54) is 0 Å². The number of methoxy groups -OCH3 is 1. The molecule has 0 saturated carbocycles. The Labute approximate surface area is 128 Å². The van der Waals surface area contributed by atoms with Crippen LogP contribution in [0.3, 0.4) is 0 Å². The fourth-order valence-corrected chi connectivity index (χ4v) is 2.21. The molecule has 2 aromatic carbocycles. The highest BCUT2D eigenvalue weighted by molar-refractivity contribution is 5.94. The van der Waals surface area contributed by atoms with Gasteiger partial charge in [0.1, 0.15) is 19.0 Å². The molecule has 3 rings (SSSR count). The van der Waals surface area contributed by atoms with Gasteiger partial charge < -0.3 is 19.5 Å². The van der Waals surface area contributed by atoms with E-state index in [1.807, 2.05) is 24.3 Å². The van der Waals surface area contributed by atoms with Crippen LogP contribution >= 0.6 is 0 Å². The molecule has 0 unspecified atom stereocenters. The molecule has 0 aliphatic carbocycles. The van der Waals surface area contributed by atoms with Crippen molar-refractivity contribution in [3.8, 4) is 17.2 Å². The van der Waals surface area contributed by atoms with Gasteiger partial charge in [-0.05, 0) is 35.9 Å². The highest BCUT2D eigenvalue weighted by Gasteiger charge is 2.14. The number of carbonyl (C=O) groups is 1. The SMILES string of the molecule is COc1ccc(CNC(=O)c2ccc3c(c2)OCCO3)cc1. The van der Waals surface area contributed by atoms with Crippen LogP contribution in [-0.2, 0) is 6.54 Å². The van der Waals surface area contributed by atoms with Crippen molar-refractivity contribution in [2.75, 3.05) is 20.3 Å². The fraction of sp³-hybridized carbons (Fsp3) is 0.235. The van der Waals surface area contributed by atoms with Crippen LogP contribution in [0.15, 0.2) is 42.5 Å². The van der Waals surface area contributed by atoms with Crippen molar-refractivity contribution in [2.24, 2.45) is 0 Å². The van der Waals surface area contributed by atoms with Gasteiger partial charge in [0.15, 0.2) is 11.5 Å². The van der Waals surface area contributed by atoms with Gasteiger partial charge in [0, 0.05) is 12.1 Å². The molecule has 1 amide bonds. The number of amides is 1. The summed E-state index contributed by atoms with van der Waals surface area (Å²) < 4.78 is 16.0. The maximum atomic E-state index is 12.2. The molecule has 5 nitrogen and oxygen atoms in total. The zero-order valence-electron chi connectivity index (χ0n) is 12.3. The van der Waals surface area contributed by atoms with Gasteiger partial charge in [-0.2, -0.15) is 0 Å². The highest BCUT2D eigenvalue weighted by Crippen LogP contribution is 2.30. The minimum absolute atomic E-state index is 0.146. The molecule has 0 saturated heterocycles. The number of nitrogens with one attached hydrogen (secondary N) is 1. The van der Waals surface area contributed by atoms with E-state index in [1.54, 1.807) is 25.3 Å². The number of carbonyl (C=O) groups excluding carboxylic acids is 1. The average Bonchev–Trinajstić information content (AvgIpc) is 2.59. The van der Waals surface area contributed by atoms with Gasteiger partial charge in [-0.1, -0.05) is 12.1 Å². The van der Waals surface area contributed by atoms with Gasteiger partial charge in [0.05, 0.1) is 7.11 Å². The molecule has 1 N–H and O–H groups in total. The van der Waals surface area contributed by atoms with Crippen molar-refractivity contribution >= 4 is 5.91 Å². The average molecular weight is 299 g/mol. The van der Waals surface area contributed by atoms with E-state index in [4.69, 9.17) is 14.2 Å². The Morgan fingerprint density at radius 3 is 2.55 bits per heavy atom. The van der Waals surface area contributed by atoms with Crippen molar-refractivity contribution in [3.05, 3.63) is 53.6 Å². The first-order valence-electron chi connectivity index (χ1n) is 7.07. The van der Waals surface area contributed by atoms with Crippen LogP contribution in [0.2, 0.25) is 0 Å². The molecule has 22 heavy (non-hydrogen) atoms. The summed E-state index contributed by atoms with van der Waals surface area (Å²) in [5.74, 6) is 1.94. The Balaban J connectivity index is 1.64. The zero-order valence-corrected chi connectivity index (χ0v) is 12.3. The van der Waals surface area contributed by atoms with Crippen molar-refractivity contribution < 1.29 is 19.0 Å². The van der Waals surface area contributed by atoms with E-state index in [-0.39, 0.29) is 5.91 Å². The number of fused-ring (bicyclic) bond motifs is 1. The Morgan fingerprint density at radius 1 is 1.09 bits per heavy atom. The Hall–Kier alpha value is -2.69. The molecule has 1 heterocycles. The Bertz CT molecular complexity index is 667. The smallest absolute Gasteiger partial charge is 0.251 e. The first-order valence-corrected chi connectivity index (χ1v) is 7.07. The third-order valence-electron chi connectivity index (χ3n) is 3.42. The standard InChI is InChI=1S/C17H17NO4/c1-20-14-5-2-12(3-6-14)11-18-17(19)13-4-7-15-16(10-13)22-9-8-21-15/h2-7,10H,8-9,11H2,1H3,(H,18,19). The fourth-order valence-electron chi connectivity index (χ4n) is 2.21. The molecule has 1 aliphatic heterocycles. The van der Waals surface area contributed by atoms with Crippen LogP contribution in [0, 0.1) is 0 Å². The maximum absolute atomic E-state index is 12.2. The van der Waals surface area contributed by atoms with Crippen molar-refractivity contribution in [1.29, 1.82) is 0 Å². The monoisotopic (exact) mass is 299 g/mol. The molecule has 0 fully saturated rings. The second kappa shape index (κ2) is 6.39. The van der Waals surface area contributed by atoms with E-state index >= 15 is 0 Å². The lowest BCUT2D eigenvalue weighted by Crippen LogP contribution is -2.23. The number of benzene rings is 2. The largest absolute Gasteiger partial charge is 0.497 e. The van der Waals surface area contributed by atoms with Crippen LogP contribution in [0.25, 0.3) is 0 Å². The van der Waals surface area contributed by atoms with Gasteiger partial charge in [0.2, 0.25) is 0 Å². The predicted molar refractivity (Wildman–Crippen MR) is 81.6 cm³/mol.